The zero-order valence-electron chi connectivity index (χ0n) is 19.0. The van der Waals surface area contributed by atoms with E-state index < -0.39 is 11.9 Å². The van der Waals surface area contributed by atoms with Crippen molar-refractivity contribution in [3.8, 4) is 11.5 Å². The zero-order chi connectivity index (χ0) is 25.3. The molecule has 1 amide bonds. The fraction of sp³-hybridized carbons (Fsp3) is 0.300. The summed E-state index contributed by atoms with van der Waals surface area (Å²) in [5.74, 6) is 0.877. The van der Waals surface area contributed by atoms with Crippen LogP contribution in [-0.4, -0.2) is 72.2 Å². The Labute approximate surface area is 204 Å². The second-order valence-corrected chi connectivity index (χ2v) is 7.88. The van der Waals surface area contributed by atoms with Crippen LogP contribution in [0, 0.1) is 0 Å². The molecule has 184 valence electrons. The summed E-state index contributed by atoms with van der Waals surface area (Å²) in [6.45, 7) is 2.13. The van der Waals surface area contributed by atoms with Crippen molar-refractivity contribution in [2.45, 2.75) is 0 Å². The van der Waals surface area contributed by atoms with Gasteiger partial charge in [0, 0.05) is 37.6 Å². The number of ether oxygens (including phenoxy) is 2. The van der Waals surface area contributed by atoms with Gasteiger partial charge in [0.1, 0.15) is 5.82 Å². The molecule has 4 rings (SSSR count). The maximum absolute atomic E-state index is 12.1. The third kappa shape index (κ3) is 4.68. The molecule has 1 aromatic carbocycles. The van der Waals surface area contributed by atoms with Crippen LogP contribution < -0.4 is 42.2 Å². The van der Waals surface area contributed by atoms with Crippen LogP contribution in [0.5, 0.6) is 11.5 Å². The number of halogens is 1. The number of hydrogen-bond acceptors (Lipinski definition) is 11. The molecule has 35 heavy (non-hydrogen) atoms. The minimum absolute atomic E-state index is 0.00837. The summed E-state index contributed by atoms with van der Waals surface area (Å²) in [6, 6.07) is 3.51. The first-order valence-electron chi connectivity index (χ1n) is 10.4. The highest BCUT2D eigenvalue weighted by Gasteiger charge is 2.25. The van der Waals surface area contributed by atoms with Crippen LogP contribution >= 0.6 is 11.6 Å². The Morgan fingerprint density at radius 1 is 0.943 bits per heavy atom. The minimum Gasteiger partial charge on any atom is -0.493 e. The van der Waals surface area contributed by atoms with E-state index >= 15 is 0 Å². The Kier molecular flexibility index (Phi) is 6.46. The molecule has 0 radical (unpaired) electrons. The number of nitrogen functional groups attached to an aromatic ring is 2. The second-order valence-electron chi connectivity index (χ2n) is 7.52. The summed E-state index contributed by atoms with van der Waals surface area (Å²) >= 11 is 6.30. The molecule has 1 fully saturated rings. The number of aliphatic imine (C=N–C) groups is 1. The quantitative estimate of drug-likeness (QED) is 0.268. The van der Waals surface area contributed by atoms with Gasteiger partial charge in [0.2, 0.25) is 5.95 Å². The Morgan fingerprint density at radius 3 is 2.20 bits per heavy atom. The number of carbonyl (C=O) groups excluding carboxylic acids is 1. The topological polar surface area (TPSA) is 210 Å². The molecule has 0 spiro atoms. The Morgan fingerprint density at radius 2 is 1.57 bits per heavy atom. The standard InChI is InChI=1S/C20H24ClN11O3/c1-34-11-7-9-10(8-12(11)35-2)26-20(29-15(9)22)32-5-3-31(4-6-32)17-14(21)27-13(16(23)28-17)18(33)30-19(24)25/h7-8H,3-6H2,1-2H3,(H2,23,28)(H2,22,26,29)(H4,24,25,30,33). The van der Waals surface area contributed by atoms with Gasteiger partial charge in [-0.25, -0.2) is 15.0 Å². The Hall–Kier alpha value is -4.33. The highest BCUT2D eigenvalue weighted by molar-refractivity contribution is 6.32. The van der Waals surface area contributed by atoms with Crippen molar-refractivity contribution in [1.82, 2.24) is 19.9 Å². The average Bonchev–Trinajstić information content (AvgIpc) is 2.84. The number of fused-ring (bicyclic) bond motifs is 1. The molecule has 3 aromatic rings. The molecule has 1 saturated heterocycles. The van der Waals surface area contributed by atoms with Crippen LogP contribution in [0.25, 0.3) is 10.9 Å². The van der Waals surface area contributed by atoms with Crippen molar-refractivity contribution in [2.24, 2.45) is 16.5 Å². The van der Waals surface area contributed by atoms with Crippen LogP contribution in [0.1, 0.15) is 10.5 Å². The molecule has 0 saturated carbocycles. The molecule has 0 bridgehead atoms. The summed E-state index contributed by atoms with van der Waals surface area (Å²) in [5.41, 5.74) is 23.0. The normalized spacial score (nSPS) is 13.6. The van der Waals surface area contributed by atoms with E-state index in [0.717, 1.165) is 0 Å². The number of piperazine rings is 1. The van der Waals surface area contributed by atoms with Gasteiger partial charge in [-0.2, -0.15) is 9.98 Å². The van der Waals surface area contributed by atoms with E-state index in [1.54, 1.807) is 26.4 Å². The summed E-state index contributed by atoms with van der Waals surface area (Å²) < 4.78 is 10.7. The highest BCUT2D eigenvalue weighted by atomic mass is 35.5. The third-order valence-electron chi connectivity index (χ3n) is 5.38. The number of benzene rings is 1. The second kappa shape index (κ2) is 9.50. The lowest BCUT2D eigenvalue weighted by Crippen LogP contribution is -2.47. The van der Waals surface area contributed by atoms with Crippen molar-refractivity contribution in [1.29, 1.82) is 0 Å². The number of carbonyl (C=O) groups is 1. The lowest BCUT2D eigenvalue weighted by atomic mass is 10.2. The maximum Gasteiger partial charge on any atom is 0.302 e. The predicted octanol–water partition coefficient (Wildman–Crippen LogP) is -0.00500. The smallest absolute Gasteiger partial charge is 0.302 e. The van der Waals surface area contributed by atoms with Gasteiger partial charge in [-0.05, 0) is 6.07 Å². The lowest BCUT2D eigenvalue weighted by Gasteiger charge is -2.35. The van der Waals surface area contributed by atoms with Crippen molar-refractivity contribution in [3.63, 3.8) is 0 Å². The lowest BCUT2D eigenvalue weighted by molar-refractivity contribution is 0.0998. The van der Waals surface area contributed by atoms with Crippen molar-refractivity contribution in [3.05, 3.63) is 23.0 Å². The number of hydrogen-bond donors (Lipinski definition) is 4. The number of anilines is 4. The molecule has 8 N–H and O–H groups in total. The minimum atomic E-state index is -0.825. The largest absolute Gasteiger partial charge is 0.493 e. The predicted molar refractivity (Wildman–Crippen MR) is 133 cm³/mol. The van der Waals surface area contributed by atoms with E-state index in [-0.39, 0.29) is 16.7 Å². The van der Waals surface area contributed by atoms with E-state index in [0.29, 0.717) is 66.2 Å². The first-order valence-corrected chi connectivity index (χ1v) is 10.8. The van der Waals surface area contributed by atoms with Gasteiger partial charge in [0.15, 0.2) is 39.9 Å². The van der Waals surface area contributed by atoms with Crippen LogP contribution in [-0.2, 0) is 0 Å². The molecule has 0 aliphatic carbocycles. The monoisotopic (exact) mass is 501 g/mol. The van der Waals surface area contributed by atoms with Crippen molar-refractivity contribution < 1.29 is 14.3 Å². The Balaban J connectivity index is 1.54. The summed E-state index contributed by atoms with van der Waals surface area (Å²) in [5, 5.41) is 0.673. The van der Waals surface area contributed by atoms with Gasteiger partial charge in [-0.1, -0.05) is 11.6 Å². The van der Waals surface area contributed by atoms with Crippen molar-refractivity contribution >= 4 is 57.8 Å². The van der Waals surface area contributed by atoms with Gasteiger partial charge in [-0.3, -0.25) is 4.79 Å². The molecule has 0 atom stereocenters. The number of rotatable bonds is 5. The number of amides is 1. The summed E-state index contributed by atoms with van der Waals surface area (Å²) in [6.07, 6.45) is 0. The first kappa shape index (κ1) is 23.8. The number of nitrogens with two attached hydrogens (primary N) is 4. The van der Waals surface area contributed by atoms with Gasteiger partial charge >= 0.3 is 5.91 Å². The molecular formula is C20H24ClN11O3. The van der Waals surface area contributed by atoms with E-state index in [1.165, 1.54) is 0 Å². The molecule has 15 heteroatoms. The first-order chi connectivity index (χ1) is 16.7. The van der Waals surface area contributed by atoms with Gasteiger partial charge < -0.3 is 42.2 Å². The van der Waals surface area contributed by atoms with Crippen LogP contribution in [0.3, 0.4) is 0 Å². The van der Waals surface area contributed by atoms with Gasteiger partial charge in [-0.15, -0.1) is 0 Å². The number of methoxy groups -OCH3 is 2. The van der Waals surface area contributed by atoms with Crippen LogP contribution in [0.15, 0.2) is 17.1 Å². The maximum atomic E-state index is 12.1. The number of aromatic nitrogens is 4. The van der Waals surface area contributed by atoms with Crippen LogP contribution in [0.2, 0.25) is 5.15 Å². The van der Waals surface area contributed by atoms with E-state index in [2.05, 4.69) is 24.9 Å². The van der Waals surface area contributed by atoms with E-state index in [4.69, 9.17) is 44.0 Å². The molecule has 2 aromatic heterocycles. The fourth-order valence-corrected chi connectivity index (χ4v) is 3.92. The fourth-order valence-electron chi connectivity index (χ4n) is 3.67. The summed E-state index contributed by atoms with van der Waals surface area (Å²) in [4.78, 5) is 36.8. The average molecular weight is 502 g/mol. The molecule has 1 aliphatic heterocycles. The molecular weight excluding hydrogens is 478 g/mol. The van der Waals surface area contributed by atoms with Crippen LogP contribution in [0.4, 0.5) is 23.4 Å². The zero-order valence-corrected chi connectivity index (χ0v) is 19.8. The number of guanidine groups is 1. The van der Waals surface area contributed by atoms with E-state index in [1.807, 2.05) is 9.80 Å². The third-order valence-corrected chi connectivity index (χ3v) is 5.63. The number of nitrogens with zero attached hydrogens (tertiary/aromatic N) is 7. The highest BCUT2D eigenvalue weighted by Crippen LogP contribution is 2.34. The molecule has 14 nitrogen and oxygen atoms in total. The Bertz CT molecular complexity index is 1320. The van der Waals surface area contributed by atoms with Crippen molar-refractivity contribution in [2.75, 3.05) is 61.7 Å². The molecule has 0 unspecified atom stereocenters. The van der Waals surface area contributed by atoms with Gasteiger partial charge in [0.25, 0.3) is 0 Å². The SMILES string of the molecule is COc1cc2nc(N3CCN(c4nc(N)c(C(=O)N=C(N)N)nc4Cl)CC3)nc(N)c2cc1OC. The molecule has 3 heterocycles. The van der Waals surface area contributed by atoms with Gasteiger partial charge in [0.05, 0.1) is 19.7 Å². The van der Waals surface area contributed by atoms with E-state index in [9.17, 15) is 4.79 Å². The molecule has 1 aliphatic rings. The summed E-state index contributed by atoms with van der Waals surface area (Å²) in [7, 11) is 3.10.